The first-order valence-electron chi connectivity index (χ1n) is 3.82. The summed E-state index contributed by atoms with van der Waals surface area (Å²) in [6.07, 6.45) is 2.65. The summed E-state index contributed by atoms with van der Waals surface area (Å²) in [5.41, 5.74) is 5.56. The van der Waals surface area contributed by atoms with Crippen LogP contribution in [0.2, 0.25) is 0 Å². The summed E-state index contributed by atoms with van der Waals surface area (Å²) in [5, 5.41) is 0. The van der Waals surface area contributed by atoms with Crippen LogP contribution in [-0.2, 0) is 0 Å². The number of hydrogen-bond donors (Lipinski definition) is 1. The Morgan fingerprint density at radius 2 is 2.44 bits per heavy atom. The average molecular weight is 128 g/mol. The molecule has 0 saturated carbocycles. The van der Waals surface area contributed by atoms with E-state index >= 15 is 0 Å². The molecule has 1 atom stereocenters. The molecule has 1 rings (SSSR count). The molecule has 0 aromatic carbocycles. The van der Waals surface area contributed by atoms with Gasteiger partial charge in [0.2, 0.25) is 0 Å². The highest BCUT2D eigenvalue weighted by Gasteiger charge is 2.20. The first-order valence-corrected chi connectivity index (χ1v) is 3.82. The zero-order valence-electron chi connectivity index (χ0n) is 6.14. The molecule has 0 aliphatic carbocycles. The van der Waals surface area contributed by atoms with Gasteiger partial charge in [0.25, 0.3) is 0 Å². The van der Waals surface area contributed by atoms with Gasteiger partial charge >= 0.3 is 0 Å². The molecule has 0 aromatic heterocycles. The Morgan fingerprint density at radius 3 is 2.89 bits per heavy atom. The van der Waals surface area contributed by atoms with Gasteiger partial charge in [-0.25, -0.2) is 0 Å². The van der Waals surface area contributed by atoms with Gasteiger partial charge in [0.1, 0.15) is 0 Å². The predicted molar refractivity (Wildman–Crippen MR) is 39.3 cm³/mol. The third kappa shape index (κ3) is 1.43. The van der Waals surface area contributed by atoms with Gasteiger partial charge in [-0.1, -0.05) is 6.92 Å². The Bertz CT molecular complexity index is 73.0. The standard InChI is InChI=1S/C7H16N2/c1-2-9-5-3-4-7(9)6-8/h7H,2-6,8H2,1H3/t7-/m1/s1. The summed E-state index contributed by atoms with van der Waals surface area (Å²) in [7, 11) is 0. The van der Waals surface area contributed by atoms with Crippen molar-refractivity contribution in [3.63, 3.8) is 0 Å². The van der Waals surface area contributed by atoms with E-state index in [0.29, 0.717) is 6.04 Å². The van der Waals surface area contributed by atoms with E-state index in [4.69, 9.17) is 5.73 Å². The Labute approximate surface area is 57.0 Å². The number of rotatable bonds is 2. The third-order valence-electron chi connectivity index (χ3n) is 2.18. The molecule has 0 aromatic rings. The van der Waals surface area contributed by atoms with E-state index in [1.54, 1.807) is 0 Å². The third-order valence-corrected chi connectivity index (χ3v) is 2.18. The summed E-state index contributed by atoms with van der Waals surface area (Å²) in [5.74, 6) is 0. The van der Waals surface area contributed by atoms with Crippen LogP contribution in [0.15, 0.2) is 0 Å². The van der Waals surface area contributed by atoms with Crippen molar-refractivity contribution in [2.24, 2.45) is 5.73 Å². The highest BCUT2D eigenvalue weighted by molar-refractivity contribution is 4.78. The van der Waals surface area contributed by atoms with E-state index in [9.17, 15) is 0 Å². The van der Waals surface area contributed by atoms with Crippen molar-refractivity contribution >= 4 is 0 Å². The molecular formula is C7H16N2. The van der Waals surface area contributed by atoms with Crippen LogP contribution in [0.25, 0.3) is 0 Å². The maximum atomic E-state index is 5.56. The SMILES string of the molecule is CCN1CCC[C@@H]1CN. The lowest BCUT2D eigenvalue weighted by molar-refractivity contribution is 0.272. The summed E-state index contributed by atoms with van der Waals surface area (Å²) in [6, 6.07) is 0.690. The lowest BCUT2D eigenvalue weighted by Crippen LogP contribution is -2.34. The predicted octanol–water partition coefficient (Wildman–Crippen LogP) is 0.429. The largest absolute Gasteiger partial charge is 0.329 e. The first-order chi connectivity index (χ1) is 4.38. The van der Waals surface area contributed by atoms with Crippen molar-refractivity contribution in [2.45, 2.75) is 25.8 Å². The minimum absolute atomic E-state index is 0.690. The van der Waals surface area contributed by atoms with Crippen molar-refractivity contribution in [1.82, 2.24) is 4.90 Å². The van der Waals surface area contributed by atoms with Gasteiger partial charge in [0.05, 0.1) is 0 Å². The fourth-order valence-electron chi connectivity index (χ4n) is 1.58. The maximum absolute atomic E-state index is 5.56. The summed E-state index contributed by atoms with van der Waals surface area (Å²) >= 11 is 0. The topological polar surface area (TPSA) is 29.3 Å². The van der Waals surface area contributed by atoms with E-state index in [0.717, 1.165) is 6.54 Å². The maximum Gasteiger partial charge on any atom is 0.0218 e. The smallest absolute Gasteiger partial charge is 0.0218 e. The Hall–Kier alpha value is -0.0800. The van der Waals surface area contributed by atoms with Gasteiger partial charge < -0.3 is 5.73 Å². The minimum Gasteiger partial charge on any atom is -0.329 e. The molecule has 0 spiro atoms. The number of likely N-dealkylation sites (N-methyl/N-ethyl adjacent to an activating group) is 1. The van der Waals surface area contributed by atoms with Crippen LogP contribution < -0.4 is 5.73 Å². The molecular weight excluding hydrogens is 112 g/mol. The highest BCUT2D eigenvalue weighted by atomic mass is 15.2. The van der Waals surface area contributed by atoms with E-state index in [2.05, 4.69) is 11.8 Å². The molecule has 1 heterocycles. The number of likely N-dealkylation sites (tertiary alicyclic amines) is 1. The van der Waals surface area contributed by atoms with Gasteiger partial charge in [-0.15, -0.1) is 0 Å². The Kier molecular flexibility index (Phi) is 2.49. The van der Waals surface area contributed by atoms with Crippen LogP contribution in [0, 0.1) is 0 Å². The van der Waals surface area contributed by atoms with Gasteiger partial charge in [0, 0.05) is 12.6 Å². The van der Waals surface area contributed by atoms with E-state index in [1.165, 1.54) is 25.9 Å². The summed E-state index contributed by atoms with van der Waals surface area (Å²) in [6.45, 7) is 5.47. The minimum atomic E-state index is 0.690. The van der Waals surface area contributed by atoms with Gasteiger partial charge in [0.15, 0.2) is 0 Å². The van der Waals surface area contributed by atoms with Crippen molar-refractivity contribution < 1.29 is 0 Å². The van der Waals surface area contributed by atoms with E-state index in [-0.39, 0.29) is 0 Å². The van der Waals surface area contributed by atoms with Crippen molar-refractivity contribution in [3.05, 3.63) is 0 Å². The molecule has 1 aliphatic rings. The molecule has 0 bridgehead atoms. The lowest BCUT2D eigenvalue weighted by Gasteiger charge is -2.20. The molecule has 0 amide bonds. The molecule has 2 N–H and O–H groups in total. The second-order valence-electron chi connectivity index (χ2n) is 2.66. The van der Waals surface area contributed by atoms with Crippen LogP contribution in [-0.4, -0.2) is 30.6 Å². The second-order valence-corrected chi connectivity index (χ2v) is 2.66. The number of nitrogens with zero attached hydrogens (tertiary/aromatic N) is 1. The molecule has 1 saturated heterocycles. The van der Waals surface area contributed by atoms with Crippen LogP contribution in [0.3, 0.4) is 0 Å². The van der Waals surface area contributed by atoms with Crippen LogP contribution >= 0.6 is 0 Å². The van der Waals surface area contributed by atoms with E-state index in [1.807, 2.05) is 0 Å². The molecule has 1 fully saturated rings. The highest BCUT2D eigenvalue weighted by Crippen LogP contribution is 2.14. The summed E-state index contributed by atoms with van der Waals surface area (Å²) < 4.78 is 0. The number of hydrogen-bond acceptors (Lipinski definition) is 2. The molecule has 0 radical (unpaired) electrons. The summed E-state index contributed by atoms with van der Waals surface area (Å²) in [4.78, 5) is 2.46. The average Bonchev–Trinajstić information content (AvgIpc) is 2.33. The molecule has 54 valence electrons. The fraction of sp³-hybridized carbons (Fsp3) is 1.00. The fourth-order valence-corrected chi connectivity index (χ4v) is 1.58. The van der Waals surface area contributed by atoms with Crippen LogP contribution in [0.5, 0.6) is 0 Å². The Morgan fingerprint density at radius 1 is 1.67 bits per heavy atom. The zero-order chi connectivity index (χ0) is 6.69. The quantitative estimate of drug-likeness (QED) is 0.584. The second kappa shape index (κ2) is 3.18. The van der Waals surface area contributed by atoms with Crippen molar-refractivity contribution in [1.29, 1.82) is 0 Å². The molecule has 0 unspecified atom stereocenters. The van der Waals surface area contributed by atoms with E-state index < -0.39 is 0 Å². The molecule has 1 aliphatic heterocycles. The van der Waals surface area contributed by atoms with Gasteiger partial charge in [-0.2, -0.15) is 0 Å². The lowest BCUT2D eigenvalue weighted by atomic mass is 10.2. The monoisotopic (exact) mass is 128 g/mol. The molecule has 2 nitrogen and oxygen atoms in total. The zero-order valence-corrected chi connectivity index (χ0v) is 6.14. The van der Waals surface area contributed by atoms with Crippen LogP contribution in [0.1, 0.15) is 19.8 Å². The van der Waals surface area contributed by atoms with Crippen molar-refractivity contribution in [3.8, 4) is 0 Å². The number of nitrogens with two attached hydrogens (primary N) is 1. The Balaban J connectivity index is 2.32. The van der Waals surface area contributed by atoms with Crippen LogP contribution in [0.4, 0.5) is 0 Å². The molecule has 9 heavy (non-hydrogen) atoms. The normalized spacial score (nSPS) is 29.3. The first kappa shape index (κ1) is 7.03. The molecule has 2 heteroatoms. The van der Waals surface area contributed by atoms with Gasteiger partial charge in [-0.3, -0.25) is 4.90 Å². The van der Waals surface area contributed by atoms with Crippen molar-refractivity contribution in [2.75, 3.05) is 19.6 Å². The van der Waals surface area contributed by atoms with Gasteiger partial charge in [-0.05, 0) is 25.9 Å².